The third-order valence-corrected chi connectivity index (χ3v) is 6.53. The van der Waals surface area contributed by atoms with Crippen molar-refractivity contribution < 1.29 is 23.1 Å². The van der Waals surface area contributed by atoms with Gasteiger partial charge in [0.15, 0.2) is 11.5 Å². The monoisotopic (exact) mass is 417 g/mol. The van der Waals surface area contributed by atoms with Crippen LogP contribution in [0, 0.1) is 0 Å². The molecular formula is C20H23N3O5S. The number of nitrogens with one attached hydrogen (secondary N) is 1. The summed E-state index contributed by atoms with van der Waals surface area (Å²) in [6.45, 7) is 0.996. The predicted octanol–water partition coefficient (Wildman–Crippen LogP) is 2.34. The third-order valence-electron chi connectivity index (χ3n) is 4.63. The first-order valence-corrected chi connectivity index (χ1v) is 10.7. The predicted molar refractivity (Wildman–Crippen MR) is 109 cm³/mol. The smallest absolute Gasteiger partial charge is 0.271 e. The minimum atomic E-state index is -3.62. The molecule has 2 aromatic carbocycles. The molecule has 1 heterocycles. The lowest BCUT2D eigenvalue weighted by Gasteiger charge is -2.25. The van der Waals surface area contributed by atoms with Crippen molar-refractivity contribution in [2.75, 3.05) is 20.2 Å². The van der Waals surface area contributed by atoms with Gasteiger partial charge in [-0.25, -0.2) is 13.8 Å². The summed E-state index contributed by atoms with van der Waals surface area (Å²) in [5, 5.41) is 13.6. The van der Waals surface area contributed by atoms with Gasteiger partial charge in [0.05, 0.1) is 18.2 Å². The molecule has 1 aliphatic rings. The van der Waals surface area contributed by atoms with Gasteiger partial charge in [-0.2, -0.15) is 9.41 Å². The van der Waals surface area contributed by atoms with Gasteiger partial charge in [-0.05, 0) is 54.8 Å². The molecule has 0 unspecified atom stereocenters. The lowest BCUT2D eigenvalue weighted by Crippen LogP contribution is -2.35. The molecule has 0 radical (unpaired) electrons. The van der Waals surface area contributed by atoms with Crippen molar-refractivity contribution in [3.8, 4) is 11.5 Å². The number of hydrazone groups is 1. The molecule has 1 aliphatic heterocycles. The molecule has 0 atom stereocenters. The normalized spacial score (nSPS) is 15.3. The number of rotatable bonds is 6. The van der Waals surface area contributed by atoms with Crippen LogP contribution in [-0.4, -0.2) is 50.2 Å². The molecular weight excluding hydrogens is 394 g/mol. The van der Waals surface area contributed by atoms with E-state index < -0.39 is 15.9 Å². The second kappa shape index (κ2) is 9.06. The number of piperidine rings is 1. The van der Waals surface area contributed by atoms with Gasteiger partial charge in [-0.1, -0.05) is 12.5 Å². The highest BCUT2D eigenvalue weighted by Crippen LogP contribution is 2.25. The minimum Gasteiger partial charge on any atom is -0.504 e. The molecule has 1 amide bonds. The number of phenolic OH excluding ortho intramolecular Hbond substituents is 1. The van der Waals surface area contributed by atoms with Gasteiger partial charge in [0.25, 0.3) is 5.91 Å². The molecule has 0 saturated carbocycles. The zero-order chi connectivity index (χ0) is 20.9. The maximum atomic E-state index is 12.8. The Balaban J connectivity index is 1.70. The standard InChI is InChI=1S/C20H23N3O5S/c1-28-19-9-8-15(12-18(19)24)14-21-22-20(25)16-6-5-7-17(13-16)29(26,27)23-10-3-2-4-11-23/h5-9,12-14,24H,2-4,10-11H2,1H3,(H,22,25)/b21-14-. The maximum Gasteiger partial charge on any atom is 0.271 e. The van der Waals surface area contributed by atoms with Crippen LogP contribution in [0.5, 0.6) is 11.5 Å². The molecule has 154 valence electrons. The van der Waals surface area contributed by atoms with E-state index in [0.29, 0.717) is 24.4 Å². The van der Waals surface area contributed by atoms with Crippen molar-refractivity contribution in [2.45, 2.75) is 24.2 Å². The molecule has 0 aromatic heterocycles. The first-order valence-electron chi connectivity index (χ1n) is 9.22. The van der Waals surface area contributed by atoms with Crippen LogP contribution in [0.1, 0.15) is 35.2 Å². The lowest BCUT2D eigenvalue weighted by atomic mass is 10.2. The summed E-state index contributed by atoms with van der Waals surface area (Å²) in [5.41, 5.74) is 3.12. The topological polar surface area (TPSA) is 108 Å². The van der Waals surface area contributed by atoms with Crippen LogP contribution >= 0.6 is 0 Å². The number of carbonyl (C=O) groups is 1. The summed E-state index contributed by atoms with van der Waals surface area (Å²) < 4.78 is 32.0. The number of carbonyl (C=O) groups excluding carboxylic acids is 1. The molecule has 2 N–H and O–H groups in total. The Bertz CT molecular complexity index is 1010. The van der Waals surface area contributed by atoms with E-state index in [1.807, 2.05) is 0 Å². The van der Waals surface area contributed by atoms with Crippen LogP contribution in [-0.2, 0) is 10.0 Å². The van der Waals surface area contributed by atoms with Crippen LogP contribution in [0.4, 0.5) is 0 Å². The highest BCUT2D eigenvalue weighted by Gasteiger charge is 2.26. The maximum absolute atomic E-state index is 12.8. The zero-order valence-corrected chi connectivity index (χ0v) is 16.9. The fourth-order valence-electron chi connectivity index (χ4n) is 3.07. The molecule has 9 heteroatoms. The Kier molecular flexibility index (Phi) is 6.50. The highest BCUT2D eigenvalue weighted by molar-refractivity contribution is 7.89. The Morgan fingerprint density at radius 2 is 1.93 bits per heavy atom. The van der Waals surface area contributed by atoms with Crippen molar-refractivity contribution in [1.29, 1.82) is 0 Å². The second-order valence-electron chi connectivity index (χ2n) is 6.62. The number of sulfonamides is 1. The van der Waals surface area contributed by atoms with Gasteiger partial charge in [0.2, 0.25) is 10.0 Å². The van der Waals surface area contributed by atoms with Crippen LogP contribution in [0.25, 0.3) is 0 Å². The van der Waals surface area contributed by atoms with Crippen LogP contribution in [0.3, 0.4) is 0 Å². The summed E-state index contributed by atoms with van der Waals surface area (Å²) in [6, 6.07) is 10.6. The second-order valence-corrected chi connectivity index (χ2v) is 8.56. The Morgan fingerprint density at radius 1 is 1.17 bits per heavy atom. The van der Waals surface area contributed by atoms with Crippen LogP contribution in [0.15, 0.2) is 52.5 Å². The van der Waals surface area contributed by atoms with E-state index in [4.69, 9.17) is 4.74 Å². The van der Waals surface area contributed by atoms with Gasteiger partial charge >= 0.3 is 0 Å². The molecule has 1 saturated heterocycles. The van der Waals surface area contributed by atoms with Gasteiger partial charge in [0, 0.05) is 18.7 Å². The number of amides is 1. The van der Waals surface area contributed by atoms with Gasteiger partial charge in [-0.15, -0.1) is 0 Å². The van der Waals surface area contributed by atoms with E-state index in [9.17, 15) is 18.3 Å². The zero-order valence-electron chi connectivity index (χ0n) is 16.0. The Hall–Kier alpha value is -2.91. The molecule has 0 bridgehead atoms. The van der Waals surface area contributed by atoms with E-state index in [1.54, 1.807) is 12.1 Å². The number of hydrogen-bond donors (Lipinski definition) is 2. The molecule has 2 aromatic rings. The first kappa shape index (κ1) is 20.8. The average Bonchev–Trinajstić information content (AvgIpc) is 2.74. The average molecular weight is 417 g/mol. The summed E-state index contributed by atoms with van der Waals surface area (Å²) in [6.07, 6.45) is 4.08. The third kappa shape index (κ3) is 4.93. The summed E-state index contributed by atoms with van der Waals surface area (Å²) in [4.78, 5) is 12.4. The molecule has 0 spiro atoms. The Morgan fingerprint density at radius 3 is 2.62 bits per heavy atom. The summed E-state index contributed by atoms with van der Waals surface area (Å²) in [7, 11) is -2.17. The molecule has 29 heavy (non-hydrogen) atoms. The Labute approximate surface area is 169 Å². The van der Waals surface area contributed by atoms with Crippen molar-refractivity contribution in [3.05, 3.63) is 53.6 Å². The van der Waals surface area contributed by atoms with Crippen molar-refractivity contribution >= 4 is 22.1 Å². The van der Waals surface area contributed by atoms with Crippen molar-refractivity contribution in [2.24, 2.45) is 5.10 Å². The van der Waals surface area contributed by atoms with Gasteiger partial charge in [-0.3, -0.25) is 4.79 Å². The van der Waals surface area contributed by atoms with Gasteiger partial charge in [0.1, 0.15) is 0 Å². The van der Waals surface area contributed by atoms with Crippen LogP contribution in [0.2, 0.25) is 0 Å². The molecule has 8 nitrogen and oxygen atoms in total. The number of phenols is 1. The number of ether oxygens (including phenoxy) is 1. The van der Waals surface area contributed by atoms with E-state index in [1.165, 1.54) is 48.0 Å². The van der Waals surface area contributed by atoms with E-state index in [-0.39, 0.29) is 16.2 Å². The van der Waals surface area contributed by atoms with Crippen molar-refractivity contribution in [3.63, 3.8) is 0 Å². The number of hydrogen-bond acceptors (Lipinski definition) is 6. The SMILES string of the molecule is COc1ccc(/C=N\NC(=O)c2cccc(S(=O)(=O)N3CCCCC3)c2)cc1O. The van der Waals surface area contributed by atoms with Gasteiger partial charge < -0.3 is 9.84 Å². The molecule has 1 fully saturated rings. The minimum absolute atomic E-state index is 0.0432. The number of benzene rings is 2. The number of aromatic hydroxyl groups is 1. The highest BCUT2D eigenvalue weighted by atomic mass is 32.2. The molecule has 3 rings (SSSR count). The van der Waals surface area contributed by atoms with E-state index in [0.717, 1.165) is 19.3 Å². The first-order chi connectivity index (χ1) is 13.9. The largest absolute Gasteiger partial charge is 0.504 e. The summed E-state index contributed by atoms with van der Waals surface area (Å²) in [5.74, 6) is -0.244. The fraction of sp³-hybridized carbons (Fsp3) is 0.300. The van der Waals surface area contributed by atoms with Crippen LogP contribution < -0.4 is 10.2 Å². The molecule has 0 aliphatic carbocycles. The van der Waals surface area contributed by atoms with Crippen molar-refractivity contribution in [1.82, 2.24) is 9.73 Å². The van der Waals surface area contributed by atoms with E-state index >= 15 is 0 Å². The summed E-state index contributed by atoms with van der Waals surface area (Å²) >= 11 is 0. The van der Waals surface area contributed by atoms with E-state index in [2.05, 4.69) is 10.5 Å². The number of nitrogens with zero attached hydrogens (tertiary/aromatic N) is 2. The fourth-order valence-corrected chi connectivity index (χ4v) is 4.63. The lowest BCUT2D eigenvalue weighted by molar-refractivity contribution is 0.0955. The number of methoxy groups -OCH3 is 1. The quantitative estimate of drug-likeness (QED) is 0.554.